The Kier molecular flexibility index (Phi) is 5.08. The summed E-state index contributed by atoms with van der Waals surface area (Å²) in [5.74, 6) is -0.243. The van der Waals surface area contributed by atoms with Crippen molar-refractivity contribution in [1.29, 1.82) is 0 Å². The normalized spacial score (nSPS) is 20.4. The molecule has 0 amide bonds. The van der Waals surface area contributed by atoms with Crippen molar-refractivity contribution in [3.05, 3.63) is 29.8 Å². The van der Waals surface area contributed by atoms with E-state index >= 15 is 0 Å². The molecule has 4 heteroatoms. The Labute approximate surface area is 108 Å². The first-order chi connectivity index (χ1) is 8.79. The zero-order valence-electron chi connectivity index (χ0n) is 11.0. The highest BCUT2D eigenvalue weighted by Crippen LogP contribution is 2.19. The van der Waals surface area contributed by atoms with Gasteiger partial charge in [-0.15, -0.1) is 0 Å². The van der Waals surface area contributed by atoms with Crippen molar-refractivity contribution >= 4 is 0 Å². The minimum Gasteiger partial charge on any atom is -0.315 e. The Morgan fingerprint density at radius 2 is 2.39 bits per heavy atom. The molecule has 0 aromatic carbocycles. The smallest absolute Gasteiger partial charge is 0.141 e. The summed E-state index contributed by atoms with van der Waals surface area (Å²) in [5, 5.41) is 3.47. The molecular weight excluding hydrogens is 229 g/mol. The van der Waals surface area contributed by atoms with Crippen molar-refractivity contribution in [2.24, 2.45) is 0 Å². The summed E-state index contributed by atoms with van der Waals surface area (Å²) in [6.07, 6.45) is 6.66. The largest absolute Gasteiger partial charge is 0.315 e. The molecule has 3 nitrogen and oxygen atoms in total. The maximum atomic E-state index is 13.1. The third-order valence-corrected chi connectivity index (χ3v) is 3.45. The third-order valence-electron chi connectivity index (χ3n) is 3.45. The fraction of sp³-hybridized carbons (Fsp3) is 0.643. The molecule has 1 aromatic heterocycles. The van der Waals surface area contributed by atoms with E-state index in [2.05, 4.69) is 22.1 Å². The van der Waals surface area contributed by atoms with Crippen LogP contribution < -0.4 is 5.32 Å². The summed E-state index contributed by atoms with van der Waals surface area (Å²) in [6.45, 7) is 6.21. The lowest BCUT2D eigenvalue weighted by Gasteiger charge is -2.24. The fourth-order valence-corrected chi connectivity index (χ4v) is 2.56. The van der Waals surface area contributed by atoms with Crippen LogP contribution in [-0.4, -0.2) is 35.6 Å². The molecule has 0 aliphatic carbocycles. The molecule has 2 rings (SSSR count). The predicted octanol–water partition coefficient (Wildman–Crippen LogP) is 2.18. The molecule has 18 heavy (non-hydrogen) atoms. The Morgan fingerprint density at radius 1 is 1.50 bits per heavy atom. The molecule has 1 saturated heterocycles. The Morgan fingerprint density at radius 3 is 3.17 bits per heavy atom. The fourth-order valence-electron chi connectivity index (χ4n) is 2.56. The molecule has 0 saturated carbocycles. The molecular formula is C14H22FN3. The van der Waals surface area contributed by atoms with Crippen LogP contribution >= 0.6 is 0 Å². The van der Waals surface area contributed by atoms with Gasteiger partial charge in [0.2, 0.25) is 0 Å². The van der Waals surface area contributed by atoms with Crippen LogP contribution in [0.3, 0.4) is 0 Å². The van der Waals surface area contributed by atoms with Gasteiger partial charge in [-0.3, -0.25) is 9.88 Å². The summed E-state index contributed by atoms with van der Waals surface area (Å²) in [7, 11) is 0. The average molecular weight is 251 g/mol. The van der Waals surface area contributed by atoms with Crippen LogP contribution in [-0.2, 0) is 6.54 Å². The van der Waals surface area contributed by atoms with Gasteiger partial charge >= 0.3 is 0 Å². The van der Waals surface area contributed by atoms with Crippen LogP contribution in [0.15, 0.2) is 18.5 Å². The average Bonchev–Trinajstić information content (AvgIpc) is 2.77. The van der Waals surface area contributed by atoms with E-state index in [0.29, 0.717) is 6.04 Å². The second-order valence-corrected chi connectivity index (χ2v) is 4.98. The number of rotatable bonds is 6. The molecule has 1 N–H and O–H groups in total. The number of halogens is 1. The number of hydrogen-bond acceptors (Lipinski definition) is 3. The predicted molar refractivity (Wildman–Crippen MR) is 70.8 cm³/mol. The molecule has 100 valence electrons. The maximum absolute atomic E-state index is 13.1. The first-order valence-corrected chi connectivity index (χ1v) is 6.83. The molecule has 1 atom stereocenters. The second-order valence-electron chi connectivity index (χ2n) is 4.98. The van der Waals surface area contributed by atoms with Gasteiger partial charge in [0.1, 0.15) is 5.82 Å². The first kappa shape index (κ1) is 13.4. The number of nitrogens with one attached hydrogen (secondary N) is 1. The maximum Gasteiger partial charge on any atom is 0.141 e. The molecule has 1 fully saturated rings. The molecule has 0 bridgehead atoms. The van der Waals surface area contributed by atoms with Gasteiger partial charge in [0.15, 0.2) is 0 Å². The van der Waals surface area contributed by atoms with E-state index < -0.39 is 0 Å². The molecule has 2 heterocycles. The van der Waals surface area contributed by atoms with Gasteiger partial charge in [0, 0.05) is 25.3 Å². The molecule has 1 unspecified atom stereocenters. The third kappa shape index (κ3) is 3.75. The number of aromatic nitrogens is 1. The van der Waals surface area contributed by atoms with E-state index in [9.17, 15) is 4.39 Å². The lowest BCUT2D eigenvalue weighted by Crippen LogP contribution is -2.37. The molecule has 1 aliphatic rings. The van der Waals surface area contributed by atoms with Crippen molar-refractivity contribution in [2.45, 2.75) is 38.8 Å². The highest BCUT2D eigenvalue weighted by atomic mass is 19.1. The Balaban J connectivity index is 1.87. The van der Waals surface area contributed by atoms with Crippen LogP contribution in [0, 0.1) is 5.82 Å². The first-order valence-electron chi connectivity index (χ1n) is 6.83. The van der Waals surface area contributed by atoms with Gasteiger partial charge in [-0.1, -0.05) is 6.92 Å². The molecule has 1 aliphatic heterocycles. The van der Waals surface area contributed by atoms with Crippen LogP contribution in [0.2, 0.25) is 0 Å². The van der Waals surface area contributed by atoms with E-state index in [1.807, 2.05) is 0 Å². The molecule has 0 spiro atoms. The topological polar surface area (TPSA) is 28.2 Å². The summed E-state index contributed by atoms with van der Waals surface area (Å²) in [5.41, 5.74) is 0.970. The monoisotopic (exact) mass is 251 g/mol. The minimum absolute atomic E-state index is 0.243. The zero-order valence-corrected chi connectivity index (χ0v) is 11.0. The number of pyridine rings is 1. The van der Waals surface area contributed by atoms with Crippen LogP contribution in [0.1, 0.15) is 31.7 Å². The summed E-state index contributed by atoms with van der Waals surface area (Å²) in [6, 6.07) is 2.17. The lowest BCUT2D eigenvalue weighted by atomic mass is 10.2. The Bertz CT molecular complexity index is 370. The quantitative estimate of drug-likeness (QED) is 0.786. The minimum atomic E-state index is -0.243. The highest BCUT2D eigenvalue weighted by Gasteiger charge is 2.23. The second kappa shape index (κ2) is 6.81. The van der Waals surface area contributed by atoms with Crippen molar-refractivity contribution < 1.29 is 4.39 Å². The van der Waals surface area contributed by atoms with Gasteiger partial charge in [-0.25, -0.2) is 4.39 Å². The van der Waals surface area contributed by atoms with Crippen molar-refractivity contribution in [2.75, 3.05) is 19.6 Å². The van der Waals surface area contributed by atoms with Crippen molar-refractivity contribution in [1.82, 2.24) is 15.2 Å². The SMILES string of the molecule is CCCNCC1CCCN1Cc1cncc(F)c1. The number of nitrogens with zero attached hydrogens (tertiary/aromatic N) is 2. The van der Waals surface area contributed by atoms with Gasteiger partial charge < -0.3 is 5.32 Å². The van der Waals surface area contributed by atoms with Crippen LogP contribution in [0.25, 0.3) is 0 Å². The number of hydrogen-bond donors (Lipinski definition) is 1. The van der Waals surface area contributed by atoms with E-state index in [-0.39, 0.29) is 5.82 Å². The van der Waals surface area contributed by atoms with E-state index in [1.165, 1.54) is 25.5 Å². The summed E-state index contributed by atoms with van der Waals surface area (Å²) >= 11 is 0. The van der Waals surface area contributed by atoms with Crippen LogP contribution in [0.4, 0.5) is 4.39 Å². The van der Waals surface area contributed by atoms with Crippen molar-refractivity contribution in [3.8, 4) is 0 Å². The zero-order chi connectivity index (χ0) is 12.8. The summed E-state index contributed by atoms with van der Waals surface area (Å²) in [4.78, 5) is 6.34. The number of likely N-dealkylation sites (tertiary alicyclic amines) is 1. The van der Waals surface area contributed by atoms with Crippen molar-refractivity contribution in [3.63, 3.8) is 0 Å². The lowest BCUT2D eigenvalue weighted by molar-refractivity contribution is 0.239. The van der Waals surface area contributed by atoms with Gasteiger partial charge in [-0.2, -0.15) is 0 Å². The molecule has 0 radical (unpaired) electrons. The van der Waals surface area contributed by atoms with E-state index in [1.54, 1.807) is 12.3 Å². The van der Waals surface area contributed by atoms with Gasteiger partial charge in [0.05, 0.1) is 6.20 Å². The highest BCUT2D eigenvalue weighted by molar-refractivity contribution is 5.10. The standard InChI is InChI=1S/C14H22FN3/c1-2-5-16-10-14-4-3-6-18(14)11-12-7-13(15)9-17-8-12/h7-9,14,16H,2-6,10-11H2,1H3. The Hall–Kier alpha value is -1.00. The van der Waals surface area contributed by atoms with Gasteiger partial charge in [0.25, 0.3) is 0 Å². The van der Waals surface area contributed by atoms with Crippen LogP contribution in [0.5, 0.6) is 0 Å². The van der Waals surface area contributed by atoms with Gasteiger partial charge in [-0.05, 0) is 44.0 Å². The summed E-state index contributed by atoms with van der Waals surface area (Å²) < 4.78 is 13.1. The molecule has 1 aromatic rings. The van der Waals surface area contributed by atoms with E-state index in [0.717, 1.165) is 31.7 Å². The van der Waals surface area contributed by atoms with E-state index in [4.69, 9.17) is 0 Å².